The molecular formula is C12H14F3N3. The minimum absolute atomic E-state index is 0.0199. The van der Waals surface area contributed by atoms with Gasteiger partial charge in [-0.1, -0.05) is 13.8 Å². The van der Waals surface area contributed by atoms with E-state index in [0.29, 0.717) is 0 Å². The van der Waals surface area contributed by atoms with E-state index in [1.807, 2.05) is 26.8 Å². The average Bonchev–Trinajstić information content (AvgIpc) is 2.27. The highest BCUT2D eigenvalue weighted by Gasteiger charge is 2.33. The summed E-state index contributed by atoms with van der Waals surface area (Å²) in [4.78, 5) is 3.48. The maximum Gasteiger partial charge on any atom is 0.433 e. The zero-order valence-corrected chi connectivity index (χ0v) is 10.3. The summed E-state index contributed by atoms with van der Waals surface area (Å²) >= 11 is 0. The van der Waals surface area contributed by atoms with E-state index in [2.05, 4.69) is 10.3 Å². The molecule has 0 spiro atoms. The second kappa shape index (κ2) is 5.25. The highest BCUT2D eigenvalue weighted by molar-refractivity contribution is 5.53. The molecule has 0 aromatic carbocycles. The Kier molecular flexibility index (Phi) is 4.17. The van der Waals surface area contributed by atoms with Crippen LogP contribution in [0.25, 0.3) is 0 Å². The SMILES string of the molecule is CC(C)C(C)Nc1nc(C(F)(F)F)ccc1C#N. The van der Waals surface area contributed by atoms with Gasteiger partial charge in [0.25, 0.3) is 0 Å². The summed E-state index contributed by atoms with van der Waals surface area (Å²) in [6.07, 6.45) is -4.51. The zero-order chi connectivity index (χ0) is 13.9. The van der Waals surface area contributed by atoms with Crippen molar-refractivity contribution >= 4 is 5.82 Å². The number of nitriles is 1. The third-order valence-electron chi connectivity index (χ3n) is 2.67. The van der Waals surface area contributed by atoms with Crippen molar-refractivity contribution in [3.8, 4) is 6.07 Å². The molecule has 6 heteroatoms. The Morgan fingerprint density at radius 2 is 1.89 bits per heavy atom. The molecule has 0 amide bonds. The van der Waals surface area contributed by atoms with E-state index in [1.54, 1.807) is 0 Å². The van der Waals surface area contributed by atoms with Gasteiger partial charge in [-0.2, -0.15) is 18.4 Å². The average molecular weight is 257 g/mol. The van der Waals surface area contributed by atoms with E-state index in [-0.39, 0.29) is 23.3 Å². The number of pyridine rings is 1. The Morgan fingerprint density at radius 3 is 2.33 bits per heavy atom. The molecule has 1 heterocycles. The van der Waals surface area contributed by atoms with Crippen molar-refractivity contribution < 1.29 is 13.2 Å². The van der Waals surface area contributed by atoms with E-state index in [1.165, 1.54) is 0 Å². The number of aromatic nitrogens is 1. The number of nitrogens with one attached hydrogen (secondary N) is 1. The van der Waals surface area contributed by atoms with Gasteiger partial charge >= 0.3 is 6.18 Å². The fraction of sp³-hybridized carbons (Fsp3) is 0.500. The summed E-state index contributed by atoms with van der Waals surface area (Å²) in [7, 11) is 0. The largest absolute Gasteiger partial charge is 0.433 e. The Bertz CT molecular complexity index is 461. The van der Waals surface area contributed by atoms with Crippen LogP contribution in [0.2, 0.25) is 0 Å². The third kappa shape index (κ3) is 3.36. The van der Waals surface area contributed by atoms with Gasteiger partial charge in [-0.05, 0) is 25.0 Å². The quantitative estimate of drug-likeness (QED) is 0.902. The standard InChI is InChI=1S/C12H14F3N3/c1-7(2)8(3)17-11-9(6-16)4-5-10(18-11)12(13,14)15/h4-5,7-8H,1-3H3,(H,17,18). The first-order chi connectivity index (χ1) is 8.25. The molecule has 1 aromatic heterocycles. The van der Waals surface area contributed by atoms with Crippen LogP contribution in [0.3, 0.4) is 0 Å². The molecule has 3 nitrogen and oxygen atoms in total. The van der Waals surface area contributed by atoms with Crippen LogP contribution in [0.15, 0.2) is 12.1 Å². The normalized spacial score (nSPS) is 13.2. The molecule has 1 rings (SSSR count). The zero-order valence-electron chi connectivity index (χ0n) is 10.3. The van der Waals surface area contributed by atoms with Crippen molar-refractivity contribution in [3.63, 3.8) is 0 Å². The highest BCUT2D eigenvalue weighted by atomic mass is 19.4. The van der Waals surface area contributed by atoms with Crippen molar-refractivity contribution in [2.24, 2.45) is 5.92 Å². The second-order valence-corrected chi connectivity index (χ2v) is 4.38. The van der Waals surface area contributed by atoms with Crippen LogP contribution in [0.4, 0.5) is 19.0 Å². The van der Waals surface area contributed by atoms with E-state index >= 15 is 0 Å². The van der Waals surface area contributed by atoms with Crippen molar-refractivity contribution in [1.29, 1.82) is 5.26 Å². The first-order valence-electron chi connectivity index (χ1n) is 5.50. The molecule has 0 saturated carbocycles. The lowest BCUT2D eigenvalue weighted by molar-refractivity contribution is -0.141. The predicted molar refractivity (Wildman–Crippen MR) is 61.9 cm³/mol. The van der Waals surface area contributed by atoms with E-state index in [4.69, 9.17) is 5.26 Å². The molecule has 0 aliphatic carbocycles. The Morgan fingerprint density at radius 1 is 1.28 bits per heavy atom. The summed E-state index contributed by atoms with van der Waals surface area (Å²) in [5.41, 5.74) is -0.893. The molecule has 0 radical (unpaired) electrons. The lowest BCUT2D eigenvalue weighted by atomic mass is 10.1. The Balaban J connectivity index is 3.12. The number of nitrogens with zero attached hydrogens (tertiary/aromatic N) is 2. The van der Waals surface area contributed by atoms with Gasteiger partial charge in [0, 0.05) is 6.04 Å². The van der Waals surface area contributed by atoms with E-state index < -0.39 is 11.9 Å². The molecule has 1 aromatic rings. The highest BCUT2D eigenvalue weighted by Crippen LogP contribution is 2.29. The topological polar surface area (TPSA) is 48.7 Å². The van der Waals surface area contributed by atoms with Crippen molar-refractivity contribution in [3.05, 3.63) is 23.4 Å². The molecule has 1 atom stereocenters. The van der Waals surface area contributed by atoms with Crippen molar-refractivity contribution in [2.45, 2.75) is 33.0 Å². The monoisotopic (exact) mass is 257 g/mol. The van der Waals surface area contributed by atoms with Crippen molar-refractivity contribution in [1.82, 2.24) is 4.98 Å². The summed E-state index contributed by atoms with van der Waals surface area (Å²) in [5, 5.41) is 11.7. The molecule has 0 aliphatic rings. The molecule has 18 heavy (non-hydrogen) atoms. The Hall–Kier alpha value is -1.77. The van der Waals surface area contributed by atoms with Crippen molar-refractivity contribution in [2.75, 3.05) is 5.32 Å². The number of rotatable bonds is 3. The number of anilines is 1. The molecule has 1 unspecified atom stereocenters. The van der Waals surface area contributed by atoms with Gasteiger partial charge in [0.05, 0.1) is 5.56 Å². The lowest BCUT2D eigenvalue weighted by Crippen LogP contribution is -2.23. The van der Waals surface area contributed by atoms with Gasteiger partial charge in [0.2, 0.25) is 0 Å². The lowest BCUT2D eigenvalue weighted by Gasteiger charge is -2.19. The van der Waals surface area contributed by atoms with Gasteiger partial charge < -0.3 is 5.32 Å². The minimum Gasteiger partial charge on any atom is -0.366 e. The van der Waals surface area contributed by atoms with Crippen LogP contribution >= 0.6 is 0 Å². The van der Waals surface area contributed by atoms with Gasteiger partial charge in [-0.3, -0.25) is 0 Å². The number of hydrogen-bond acceptors (Lipinski definition) is 3. The maximum absolute atomic E-state index is 12.5. The molecule has 1 N–H and O–H groups in total. The van der Waals surface area contributed by atoms with Crippen LogP contribution < -0.4 is 5.32 Å². The summed E-state index contributed by atoms with van der Waals surface area (Å²) in [6.45, 7) is 5.68. The second-order valence-electron chi connectivity index (χ2n) is 4.38. The minimum atomic E-state index is -4.51. The van der Waals surface area contributed by atoms with Gasteiger partial charge in [-0.25, -0.2) is 4.98 Å². The molecular weight excluding hydrogens is 243 g/mol. The smallest absolute Gasteiger partial charge is 0.366 e. The fourth-order valence-electron chi connectivity index (χ4n) is 1.20. The van der Waals surface area contributed by atoms with Crippen LogP contribution in [-0.4, -0.2) is 11.0 Å². The molecule has 98 valence electrons. The first-order valence-corrected chi connectivity index (χ1v) is 5.50. The van der Waals surface area contributed by atoms with Crippen LogP contribution in [-0.2, 0) is 6.18 Å². The van der Waals surface area contributed by atoms with Crippen LogP contribution in [0.1, 0.15) is 32.0 Å². The number of hydrogen-bond donors (Lipinski definition) is 1. The predicted octanol–water partition coefficient (Wildman–Crippen LogP) is 3.43. The first kappa shape index (κ1) is 14.3. The van der Waals surface area contributed by atoms with Crippen LogP contribution in [0, 0.1) is 17.2 Å². The summed E-state index contributed by atoms with van der Waals surface area (Å²) < 4.78 is 37.6. The summed E-state index contributed by atoms with van der Waals surface area (Å²) in [6, 6.07) is 3.69. The van der Waals surface area contributed by atoms with Gasteiger partial charge in [0.1, 0.15) is 17.6 Å². The van der Waals surface area contributed by atoms with E-state index in [0.717, 1.165) is 12.1 Å². The van der Waals surface area contributed by atoms with E-state index in [9.17, 15) is 13.2 Å². The fourth-order valence-corrected chi connectivity index (χ4v) is 1.20. The number of halogens is 3. The van der Waals surface area contributed by atoms with Gasteiger partial charge in [0.15, 0.2) is 0 Å². The third-order valence-corrected chi connectivity index (χ3v) is 2.67. The molecule has 0 fully saturated rings. The Labute approximate surface area is 104 Å². The van der Waals surface area contributed by atoms with Crippen LogP contribution in [0.5, 0.6) is 0 Å². The molecule has 0 aliphatic heterocycles. The molecule has 0 saturated heterocycles. The van der Waals surface area contributed by atoms with Gasteiger partial charge in [-0.15, -0.1) is 0 Å². The summed E-state index contributed by atoms with van der Waals surface area (Å²) in [5.74, 6) is 0.196. The molecule has 0 bridgehead atoms. The maximum atomic E-state index is 12.5. The number of alkyl halides is 3.